The monoisotopic (exact) mass is 296 g/mol. The van der Waals surface area contributed by atoms with Gasteiger partial charge >= 0.3 is 0 Å². The van der Waals surface area contributed by atoms with E-state index in [2.05, 4.69) is 5.10 Å². The highest BCUT2D eigenvalue weighted by molar-refractivity contribution is 6.30. The first kappa shape index (κ1) is 14.2. The molecule has 1 aromatic heterocycles. The summed E-state index contributed by atoms with van der Waals surface area (Å²) in [4.78, 5) is 11.4. The van der Waals surface area contributed by atoms with Crippen molar-refractivity contribution in [2.45, 2.75) is 0 Å². The van der Waals surface area contributed by atoms with Gasteiger partial charge in [0.25, 0.3) is 5.91 Å². The first-order chi connectivity index (χ1) is 9.54. The second-order valence-electron chi connectivity index (χ2n) is 3.89. The van der Waals surface area contributed by atoms with Crippen LogP contribution < -0.4 is 16.2 Å². The van der Waals surface area contributed by atoms with Gasteiger partial charge in [-0.1, -0.05) is 11.6 Å². The van der Waals surface area contributed by atoms with E-state index in [-0.39, 0.29) is 30.5 Å². The molecule has 0 spiro atoms. The first-order valence-corrected chi connectivity index (χ1v) is 6.10. The highest BCUT2D eigenvalue weighted by Gasteiger charge is 2.22. The third kappa shape index (κ3) is 2.68. The summed E-state index contributed by atoms with van der Waals surface area (Å²) in [7, 11) is 0. The van der Waals surface area contributed by atoms with Crippen molar-refractivity contribution in [3.8, 4) is 11.6 Å². The van der Waals surface area contributed by atoms with Crippen LogP contribution in [0.15, 0.2) is 24.3 Å². The molecule has 2 aromatic rings. The van der Waals surface area contributed by atoms with E-state index in [0.717, 1.165) is 0 Å². The minimum atomic E-state index is -0.754. The summed E-state index contributed by atoms with van der Waals surface area (Å²) in [5.41, 5.74) is 11.7. The molecule has 0 unspecified atom stereocenters. The van der Waals surface area contributed by atoms with Crippen LogP contribution in [0.4, 0.5) is 5.82 Å². The molecule has 1 amide bonds. The number of hydrogen-bond donors (Lipinski definition) is 3. The van der Waals surface area contributed by atoms with Gasteiger partial charge in [-0.2, -0.15) is 0 Å². The van der Waals surface area contributed by atoms with Gasteiger partial charge in [-0.05, 0) is 24.3 Å². The number of anilines is 1. The SMILES string of the molecule is NC(=O)c1c(OCCO)nn(-c2ccc(Cl)cc2)c1N. The lowest BCUT2D eigenvalue weighted by Gasteiger charge is -2.03. The lowest BCUT2D eigenvalue weighted by Crippen LogP contribution is -2.15. The summed E-state index contributed by atoms with van der Waals surface area (Å²) < 4.78 is 6.49. The fraction of sp³-hybridized carbons (Fsp3) is 0.167. The Balaban J connectivity index is 2.48. The highest BCUT2D eigenvalue weighted by atomic mass is 35.5. The Morgan fingerprint density at radius 1 is 1.40 bits per heavy atom. The Kier molecular flexibility index (Phi) is 4.11. The molecule has 1 aromatic carbocycles. The van der Waals surface area contributed by atoms with Gasteiger partial charge in [-0.25, -0.2) is 4.68 Å². The second-order valence-corrected chi connectivity index (χ2v) is 4.33. The molecule has 1 heterocycles. The Morgan fingerprint density at radius 3 is 2.60 bits per heavy atom. The van der Waals surface area contributed by atoms with Crippen molar-refractivity contribution in [1.29, 1.82) is 0 Å². The number of primary amides is 1. The fourth-order valence-corrected chi connectivity index (χ4v) is 1.79. The van der Waals surface area contributed by atoms with Crippen molar-refractivity contribution >= 4 is 23.3 Å². The quantitative estimate of drug-likeness (QED) is 0.746. The minimum absolute atomic E-state index is 0.0148. The maximum Gasteiger partial charge on any atom is 0.258 e. The summed E-state index contributed by atoms with van der Waals surface area (Å²) in [5.74, 6) is -0.706. The number of aliphatic hydroxyl groups is 1. The molecular weight excluding hydrogens is 284 g/mol. The van der Waals surface area contributed by atoms with Crippen LogP contribution in [0, 0.1) is 0 Å². The highest BCUT2D eigenvalue weighted by Crippen LogP contribution is 2.26. The number of benzene rings is 1. The first-order valence-electron chi connectivity index (χ1n) is 5.72. The van der Waals surface area contributed by atoms with Crippen LogP contribution in [-0.2, 0) is 0 Å². The normalized spacial score (nSPS) is 10.5. The average molecular weight is 297 g/mol. The van der Waals surface area contributed by atoms with Gasteiger partial charge in [-0.15, -0.1) is 5.10 Å². The molecule has 0 aliphatic carbocycles. The molecule has 106 valence electrons. The van der Waals surface area contributed by atoms with Crippen molar-refractivity contribution in [3.63, 3.8) is 0 Å². The summed E-state index contributed by atoms with van der Waals surface area (Å²) in [6, 6.07) is 6.70. The van der Waals surface area contributed by atoms with Gasteiger partial charge in [0.1, 0.15) is 18.0 Å². The van der Waals surface area contributed by atoms with Crippen molar-refractivity contribution in [1.82, 2.24) is 9.78 Å². The van der Waals surface area contributed by atoms with Crippen LogP contribution in [0.25, 0.3) is 5.69 Å². The molecule has 5 N–H and O–H groups in total. The number of nitrogen functional groups attached to an aromatic ring is 1. The topological polar surface area (TPSA) is 116 Å². The smallest absolute Gasteiger partial charge is 0.258 e. The largest absolute Gasteiger partial charge is 0.474 e. The molecule has 0 atom stereocenters. The Bertz CT molecular complexity index is 624. The summed E-state index contributed by atoms with van der Waals surface area (Å²) >= 11 is 5.81. The summed E-state index contributed by atoms with van der Waals surface area (Å²) in [6.07, 6.45) is 0. The number of amides is 1. The second kappa shape index (κ2) is 5.81. The Morgan fingerprint density at radius 2 is 2.05 bits per heavy atom. The zero-order valence-corrected chi connectivity index (χ0v) is 11.2. The number of carbonyl (C=O) groups is 1. The molecule has 0 saturated carbocycles. The van der Waals surface area contributed by atoms with E-state index in [0.29, 0.717) is 10.7 Å². The van der Waals surface area contributed by atoms with Gasteiger partial charge in [0.2, 0.25) is 5.88 Å². The zero-order valence-electron chi connectivity index (χ0n) is 10.4. The lowest BCUT2D eigenvalue weighted by molar-refractivity contribution is 0.0995. The maximum atomic E-state index is 11.4. The van der Waals surface area contributed by atoms with Gasteiger partial charge in [0.05, 0.1) is 12.3 Å². The van der Waals surface area contributed by atoms with E-state index in [1.807, 2.05) is 0 Å². The van der Waals surface area contributed by atoms with Gasteiger partial charge < -0.3 is 21.3 Å². The Hall–Kier alpha value is -2.25. The number of nitrogens with two attached hydrogens (primary N) is 2. The molecule has 2 rings (SSSR count). The van der Waals surface area contributed by atoms with Crippen LogP contribution in [0.3, 0.4) is 0 Å². The minimum Gasteiger partial charge on any atom is -0.474 e. The zero-order chi connectivity index (χ0) is 14.7. The third-order valence-electron chi connectivity index (χ3n) is 2.54. The molecule has 0 aliphatic heterocycles. The molecule has 8 heteroatoms. The van der Waals surface area contributed by atoms with Crippen molar-refractivity contribution in [2.75, 3.05) is 18.9 Å². The van der Waals surface area contributed by atoms with Crippen molar-refractivity contribution < 1.29 is 14.6 Å². The number of nitrogens with zero attached hydrogens (tertiary/aromatic N) is 2. The predicted molar refractivity (Wildman–Crippen MR) is 74.1 cm³/mol. The molecule has 0 radical (unpaired) electrons. The van der Waals surface area contributed by atoms with E-state index >= 15 is 0 Å². The van der Waals surface area contributed by atoms with E-state index in [1.54, 1.807) is 24.3 Å². The molecule has 7 nitrogen and oxygen atoms in total. The number of halogens is 1. The van der Waals surface area contributed by atoms with Gasteiger partial charge in [0, 0.05) is 5.02 Å². The lowest BCUT2D eigenvalue weighted by atomic mass is 10.3. The van der Waals surface area contributed by atoms with Crippen LogP contribution in [-0.4, -0.2) is 34.0 Å². The van der Waals surface area contributed by atoms with Crippen molar-refractivity contribution in [2.24, 2.45) is 5.73 Å². The standard InChI is InChI=1S/C12H13ClN4O3/c13-7-1-3-8(4-2-7)17-10(14)9(11(15)19)12(16-17)20-6-5-18/h1-4,18H,5-6,14H2,(H2,15,19). The Labute approximate surface area is 119 Å². The van der Waals surface area contributed by atoms with Crippen LogP contribution in [0.1, 0.15) is 10.4 Å². The van der Waals surface area contributed by atoms with Crippen LogP contribution in [0.5, 0.6) is 5.88 Å². The van der Waals surface area contributed by atoms with Gasteiger partial charge in [-0.3, -0.25) is 4.79 Å². The number of aromatic nitrogens is 2. The number of hydrogen-bond acceptors (Lipinski definition) is 5. The molecule has 0 saturated heterocycles. The molecule has 0 bridgehead atoms. The number of ether oxygens (including phenoxy) is 1. The maximum absolute atomic E-state index is 11.4. The summed E-state index contributed by atoms with van der Waals surface area (Å²) in [5, 5.41) is 13.4. The molecule has 0 fully saturated rings. The van der Waals surface area contributed by atoms with E-state index < -0.39 is 5.91 Å². The number of aliphatic hydroxyl groups excluding tert-OH is 1. The van der Waals surface area contributed by atoms with Crippen LogP contribution in [0.2, 0.25) is 5.02 Å². The number of rotatable bonds is 5. The molecule has 0 aliphatic rings. The fourth-order valence-electron chi connectivity index (χ4n) is 1.66. The average Bonchev–Trinajstić information content (AvgIpc) is 2.74. The predicted octanol–water partition coefficient (Wildman–Crippen LogP) is 0.578. The van der Waals surface area contributed by atoms with Crippen molar-refractivity contribution in [3.05, 3.63) is 34.9 Å². The van der Waals surface area contributed by atoms with E-state index in [9.17, 15) is 4.79 Å². The molecular formula is C12H13ClN4O3. The summed E-state index contributed by atoms with van der Waals surface area (Å²) in [6.45, 7) is -0.233. The third-order valence-corrected chi connectivity index (χ3v) is 2.79. The number of carbonyl (C=O) groups excluding carboxylic acids is 1. The van der Waals surface area contributed by atoms with Crippen LogP contribution >= 0.6 is 11.6 Å². The van der Waals surface area contributed by atoms with E-state index in [1.165, 1.54) is 4.68 Å². The van der Waals surface area contributed by atoms with E-state index in [4.69, 9.17) is 32.9 Å². The molecule has 20 heavy (non-hydrogen) atoms. The van der Waals surface area contributed by atoms with Gasteiger partial charge in [0.15, 0.2) is 0 Å².